The van der Waals surface area contributed by atoms with Crippen LogP contribution in [0.5, 0.6) is 0 Å². The van der Waals surface area contributed by atoms with E-state index in [2.05, 4.69) is 10.2 Å². The highest BCUT2D eigenvalue weighted by Crippen LogP contribution is 2.32. The molecule has 0 radical (unpaired) electrons. The number of rotatable bonds is 12. The molecule has 1 saturated heterocycles. The zero-order valence-electron chi connectivity index (χ0n) is 20.9. The van der Waals surface area contributed by atoms with Crippen molar-refractivity contribution in [3.8, 4) is 0 Å². The minimum absolute atomic E-state index is 0.294. The van der Waals surface area contributed by atoms with E-state index in [1.807, 2.05) is 37.7 Å². The lowest BCUT2D eigenvalue weighted by atomic mass is 10.1. The Labute approximate surface area is 202 Å². The van der Waals surface area contributed by atoms with Crippen molar-refractivity contribution in [2.24, 2.45) is 0 Å². The first-order valence-electron chi connectivity index (χ1n) is 12.2. The van der Waals surface area contributed by atoms with Crippen molar-refractivity contribution in [1.29, 1.82) is 5.41 Å². The first-order chi connectivity index (χ1) is 16.4. The molecular formula is C25H38FN7O. The van der Waals surface area contributed by atoms with Crippen molar-refractivity contribution >= 4 is 28.9 Å². The van der Waals surface area contributed by atoms with Crippen LogP contribution in [0.2, 0.25) is 0 Å². The van der Waals surface area contributed by atoms with Crippen molar-refractivity contribution in [2.75, 3.05) is 75.1 Å². The third-order valence-corrected chi connectivity index (χ3v) is 6.07. The molecule has 0 saturated carbocycles. The molecule has 0 atom stereocenters. The molecule has 1 aromatic carbocycles. The molecule has 1 aromatic heterocycles. The summed E-state index contributed by atoms with van der Waals surface area (Å²) in [6.45, 7) is 9.13. The maximum atomic E-state index is 13.5. The van der Waals surface area contributed by atoms with Gasteiger partial charge in [-0.1, -0.05) is 6.42 Å². The molecule has 8 nitrogen and oxygen atoms in total. The molecule has 9 heteroatoms. The lowest BCUT2D eigenvalue weighted by molar-refractivity contribution is 0.154. The average Bonchev–Trinajstić information content (AvgIpc) is 2.85. The van der Waals surface area contributed by atoms with Gasteiger partial charge in [0.1, 0.15) is 17.2 Å². The van der Waals surface area contributed by atoms with Gasteiger partial charge in [-0.2, -0.15) is 4.98 Å². The Bertz CT molecular complexity index is 932. The van der Waals surface area contributed by atoms with E-state index < -0.39 is 0 Å². The van der Waals surface area contributed by atoms with Crippen LogP contribution in [0, 0.1) is 11.2 Å². The summed E-state index contributed by atoms with van der Waals surface area (Å²) in [6, 6.07) is 6.20. The van der Waals surface area contributed by atoms with Crippen LogP contribution in [0.15, 0.2) is 24.3 Å². The molecule has 0 bridgehead atoms. The number of nitrogens with one attached hydrogen (secondary N) is 2. The zero-order valence-corrected chi connectivity index (χ0v) is 20.9. The molecule has 1 aliphatic heterocycles. The van der Waals surface area contributed by atoms with E-state index in [-0.39, 0.29) is 5.82 Å². The highest BCUT2D eigenvalue weighted by Gasteiger charge is 2.24. The van der Waals surface area contributed by atoms with Gasteiger partial charge in [0.2, 0.25) is 5.95 Å². The number of nitrogens with zero attached hydrogens (tertiary/aromatic N) is 5. The number of piperidine rings is 1. The number of anilines is 4. The molecule has 3 rings (SSSR count). The Morgan fingerprint density at radius 3 is 2.44 bits per heavy atom. The smallest absolute Gasteiger partial charge is 0.227 e. The van der Waals surface area contributed by atoms with Gasteiger partial charge in [0.15, 0.2) is 5.82 Å². The van der Waals surface area contributed by atoms with E-state index in [0.29, 0.717) is 49.5 Å². The molecule has 0 amide bonds. The number of hydrogen-bond acceptors (Lipinski definition) is 8. The molecule has 1 aliphatic rings. The summed E-state index contributed by atoms with van der Waals surface area (Å²) < 4.78 is 19.1. The summed E-state index contributed by atoms with van der Waals surface area (Å²) in [7, 11) is 3.90. The Morgan fingerprint density at radius 1 is 1.09 bits per heavy atom. The minimum Gasteiger partial charge on any atom is -0.380 e. The van der Waals surface area contributed by atoms with E-state index >= 15 is 0 Å². The van der Waals surface area contributed by atoms with Crippen LogP contribution < -0.4 is 15.1 Å². The van der Waals surface area contributed by atoms with Crippen LogP contribution in [-0.2, 0) is 4.74 Å². The second-order valence-corrected chi connectivity index (χ2v) is 8.65. The largest absolute Gasteiger partial charge is 0.380 e. The van der Waals surface area contributed by atoms with Gasteiger partial charge in [-0.05, 0) is 64.0 Å². The SMILES string of the molecule is CCOCCN(C)c1c(Nc2ccc(F)cc2)nc(N(C)CC)nc1C(=N)CN1CCCCC1. The summed E-state index contributed by atoms with van der Waals surface area (Å²) in [6.07, 6.45) is 3.58. The van der Waals surface area contributed by atoms with Gasteiger partial charge >= 0.3 is 0 Å². The van der Waals surface area contributed by atoms with Gasteiger partial charge in [-0.3, -0.25) is 4.90 Å². The van der Waals surface area contributed by atoms with Gasteiger partial charge < -0.3 is 25.3 Å². The fraction of sp³-hybridized carbons (Fsp3) is 0.560. The molecular weight excluding hydrogens is 433 g/mol. The first-order valence-corrected chi connectivity index (χ1v) is 12.2. The Balaban J connectivity index is 2.04. The summed E-state index contributed by atoms with van der Waals surface area (Å²) in [5.74, 6) is 0.847. The Kier molecular flexibility index (Phi) is 9.59. The van der Waals surface area contributed by atoms with Gasteiger partial charge in [-0.25, -0.2) is 9.37 Å². The highest BCUT2D eigenvalue weighted by atomic mass is 19.1. The second-order valence-electron chi connectivity index (χ2n) is 8.65. The summed E-state index contributed by atoms with van der Waals surface area (Å²) in [5.41, 5.74) is 2.55. The fourth-order valence-corrected chi connectivity index (χ4v) is 3.96. The third kappa shape index (κ3) is 6.87. The molecule has 2 aromatic rings. The number of halogens is 1. The van der Waals surface area contributed by atoms with E-state index in [9.17, 15) is 4.39 Å². The van der Waals surface area contributed by atoms with Crippen LogP contribution in [0.3, 0.4) is 0 Å². The zero-order chi connectivity index (χ0) is 24.5. The van der Waals surface area contributed by atoms with Crippen LogP contribution >= 0.6 is 0 Å². The van der Waals surface area contributed by atoms with Crippen molar-refractivity contribution in [3.63, 3.8) is 0 Å². The normalized spacial score (nSPS) is 14.1. The van der Waals surface area contributed by atoms with Gasteiger partial charge in [0.05, 0.1) is 12.3 Å². The van der Waals surface area contributed by atoms with Gasteiger partial charge in [-0.15, -0.1) is 0 Å². The maximum Gasteiger partial charge on any atom is 0.227 e. The standard InChI is InChI=1S/C25H38FN7O/c1-5-31(3)25-29-22(21(27)18-33-14-8-7-9-15-33)23(32(4)16-17-34-6-2)24(30-25)28-20-12-10-19(26)11-13-20/h10-13,27H,5-9,14-18H2,1-4H3,(H,28,29,30). The topological polar surface area (TPSA) is 80.6 Å². The molecule has 2 N–H and O–H groups in total. The van der Waals surface area contributed by atoms with Gasteiger partial charge in [0.25, 0.3) is 0 Å². The number of hydrogen-bond donors (Lipinski definition) is 2. The van der Waals surface area contributed by atoms with Crippen molar-refractivity contribution in [3.05, 3.63) is 35.8 Å². The summed E-state index contributed by atoms with van der Waals surface area (Å²) in [4.78, 5) is 16.0. The predicted molar refractivity (Wildman–Crippen MR) is 138 cm³/mol. The molecule has 0 spiro atoms. The lowest BCUT2D eigenvalue weighted by Gasteiger charge is -2.29. The average molecular weight is 472 g/mol. The lowest BCUT2D eigenvalue weighted by Crippen LogP contribution is -2.36. The van der Waals surface area contributed by atoms with Crippen molar-refractivity contribution in [2.45, 2.75) is 33.1 Å². The van der Waals surface area contributed by atoms with Gasteiger partial charge in [0, 0.05) is 46.0 Å². The highest BCUT2D eigenvalue weighted by molar-refractivity contribution is 6.05. The van der Waals surface area contributed by atoms with Crippen molar-refractivity contribution < 1.29 is 9.13 Å². The van der Waals surface area contributed by atoms with E-state index in [0.717, 1.165) is 31.0 Å². The molecule has 0 aliphatic carbocycles. The number of aromatic nitrogens is 2. The Hall–Kier alpha value is -2.78. The summed E-state index contributed by atoms with van der Waals surface area (Å²) in [5, 5.41) is 12.4. The third-order valence-electron chi connectivity index (χ3n) is 6.07. The second kappa shape index (κ2) is 12.6. The van der Waals surface area contributed by atoms with Crippen LogP contribution in [0.4, 0.5) is 27.5 Å². The van der Waals surface area contributed by atoms with E-state index in [1.165, 1.54) is 31.4 Å². The predicted octanol–water partition coefficient (Wildman–Crippen LogP) is 4.14. The summed E-state index contributed by atoms with van der Waals surface area (Å²) >= 11 is 0. The molecule has 186 valence electrons. The number of benzene rings is 1. The van der Waals surface area contributed by atoms with Crippen LogP contribution in [0.25, 0.3) is 0 Å². The molecule has 2 heterocycles. The number of likely N-dealkylation sites (N-methyl/N-ethyl adjacent to an activating group) is 1. The molecule has 0 unspecified atom stereocenters. The minimum atomic E-state index is -0.294. The fourth-order valence-electron chi connectivity index (χ4n) is 3.96. The Morgan fingerprint density at radius 2 is 1.79 bits per heavy atom. The molecule has 34 heavy (non-hydrogen) atoms. The monoisotopic (exact) mass is 471 g/mol. The molecule has 1 fully saturated rings. The van der Waals surface area contributed by atoms with Crippen molar-refractivity contribution in [1.82, 2.24) is 14.9 Å². The quantitative estimate of drug-likeness (QED) is 0.356. The van der Waals surface area contributed by atoms with E-state index in [4.69, 9.17) is 20.1 Å². The van der Waals surface area contributed by atoms with E-state index in [1.54, 1.807) is 12.1 Å². The first kappa shape index (κ1) is 25.8. The van der Waals surface area contributed by atoms with Crippen LogP contribution in [0.1, 0.15) is 38.8 Å². The maximum absolute atomic E-state index is 13.5. The van der Waals surface area contributed by atoms with Crippen LogP contribution in [-0.4, -0.2) is 80.6 Å². The number of ether oxygens (including phenoxy) is 1. The number of likely N-dealkylation sites (tertiary alicyclic amines) is 1.